The molecule has 3 N–H and O–H groups in total. The highest BCUT2D eigenvalue weighted by Crippen LogP contribution is 2.28. The lowest BCUT2D eigenvalue weighted by molar-refractivity contribution is 0.370. The molecule has 0 heterocycles. The van der Waals surface area contributed by atoms with E-state index in [0.29, 0.717) is 17.9 Å². The predicted octanol–water partition coefficient (Wildman–Crippen LogP) is 1.28. The number of para-hydroxylation sites is 1. The molecular formula is C8H12ClNO2. The second kappa shape index (κ2) is 4.85. The molecule has 0 fully saturated rings. The fourth-order valence-electron chi connectivity index (χ4n) is 0.897. The van der Waals surface area contributed by atoms with Crippen molar-refractivity contribution in [2.24, 2.45) is 5.73 Å². The Morgan fingerprint density at radius 1 is 1.50 bits per heavy atom. The minimum atomic E-state index is 0. The summed E-state index contributed by atoms with van der Waals surface area (Å²) in [6.45, 7) is 0.322. The fourth-order valence-corrected chi connectivity index (χ4v) is 0.897. The van der Waals surface area contributed by atoms with Gasteiger partial charge in [-0.25, -0.2) is 0 Å². The van der Waals surface area contributed by atoms with Crippen LogP contribution < -0.4 is 10.5 Å². The zero-order valence-corrected chi connectivity index (χ0v) is 7.60. The quantitative estimate of drug-likeness (QED) is 0.737. The first-order chi connectivity index (χ1) is 5.29. The minimum Gasteiger partial charge on any atom is -0.504 e. The molecule has 0 saturated carbocycles. The van der Waals surface area contributed by atoms with Gasteiger partial charge in [0.15, 0.2) is 11.5 Å². The summed E-state index contributed by atoms with van der Waals surface area (Å²) in [5, 5.41) is 9.38. The molecule has 0 saturated heterocycles. The van der Waals surface area contributed by atoms with E-state index in [1.54, 1.807) is 18.2 Å². The maximum atomic E-state index is 9.38. The number of hydrogen-bond donors (Lipinski definition) is 2. The molecule has 0 spiro atoms. The first-order valence-corrected chi connectivity index (χ1v) is 3.34. The number of nitrogens with two attached hydrogens (primary N) is 1. The summed E-state index contributed by atoms with van der Waals surface area (Å²) in [6.07, 6.45) is 0. The molecule has 0 bridgehead atoms. The number of aromatic hydroxyl groups is 1. The normalized spacial score (nSPS) is 8.83. The monoisotopic (exact) mass is 189 g/mol. The second-order valence-corrected chi connectivity index (χ2v) is 2.17. The Balaban J connectivity index is 0.00000121. The first-order valence-electron chi connectivity index (χ1n) is 3.34. The Kier molecular flexibility index (Phi) is 4.47. The molecule has 4 heteroatoms. The lowest BCUT2D eigenvalue weighted by Crippen LogP contribution is -1.97. The van der Waals surface area contributed by atoms with Crippen LogP contribution in [-0.2, 0) is 6.54 Å². The molecule has 0 amide bonds. The number of methoxy groups -OCH3 is 1. The van der Waals surface area contributed by atoms with Gasteiger partial charge < -0.3 is 15.6 Å². The molecule has 0 radical (unpaired) electrons. The van der Waals surface area contributed by atoms with Crippen molar-refractivity contribution in [3.8, 4) is 11.5 Å². The zero-order valence-electron chi connectivity index (χ0n) is 6.78. The number of phenolic OH excluding ortho intramolecular Hbond substituents is 1. The number of ether oxygens (including phenoxy) is 1. The summed E-state index contributed by atoms with van der Waals surface area (Å²) < 4.78 is 4.88. The van der Waals surface area contributed by atoms with Crippen LogP contribution in [0.5, 0.6) is 11.5 Å². The summed E-state index contributed by atoms with van der Waals surface area (Å²) in [5.74, 6) is 0.602. The van der Waals surface area contributed by atoms with Gasteiger partial charge in [0, 0.05) is 12.1 Å². The largest absolute Gasteiger partial charge is 0.504 e. The van der Waals surface area contributed by atoms with Crippen LogP contribution in [0.4, 0.5) is 0 Å². The number of phenols is 1. The fraction of sp³-hybridized carbons (Fsp3) is 0.250. The Hall–Kier alpha value is -0.930. The Bertz CT molecular complexity index is 231. The summed E-state index contributed by atoms with van der Waals surface area (Å²) >= 11 is 0. The minimum absolute atomic E-state index is 0. The van der Waals surface area contributed by atoms with Crippen LogP contribution in [0.25, 0.3) is 0 Å². The van der Waals surface area contributed by atoms with Crippen LogP contribution in [0.1, 0.15) is 5.56 Å². The molecule has 0 aliphatic rings. The highest BCUT2D eigenvalue weighted by molar-refractivity contribution is 5.85. The van der Waals surface area contributed by atoms with Gasteiger partial charge in [-0.1, -0.05) is 12.1 Å². The third-order valence-corrected chi connectivity index (χ3v) is 1.52. The van der Waals surface area contributed by atoms with E-state index in [9.17, 15) is 5.11 Å². The first kappa shape index (κ1) is 11.1. The predicted molar refractivity (Wildman–Crippen MR) is 49.8 cm³/mol. The second-order valence-electron chi connectivity index (χ2n) is 2.17. The summed E-state index contributed by atoms with van der Waals surface area (Å²) in [6, 6.07) is 5.24. The van der Waals surface area contributed by atoms with Gasteiger partial charge in [-0.2, -0.15) is 0 Å². The maximum absolute atomic E-state index is 9.38. The average molecular weight is 190 g/mol. The number of rotatable bonds is 2. The Labute approximate surface area is 77.6 Å². The molecule has 68 valence electrons. The maximum Gasteiger partial charge on any atom is 0.162 e. The van der Waals surface area contributed by atoms with Crippen LogP contribution in [0.2, 0.25) is 0 Å². The van der Waals surface area contributed by atoms with Crippen LogP contribution in [0.15, 0.2) is 18.2 Å². The van der Waals surface area contributed by atoms with Crippen LogP contribution >= 0.6 is 12.4 Å². The van der Waals surface area contributed by atoms with Gasteiger partial charge in [0.25, 0.3) is 0 Å². The molecule has 1 rings (SSSR count). The van der Waals surface area contributed by atoms with E-state index in [2.05, 4.69) is 0 Å². The average Bonchev–Trinajstić information content (AvgIpc) is 2.05. The number of hydrogen-bond acceptors (Lipinski definition) is 3. The standard InChI is InChI=1S/C8H11NO2.ClH/c1-11-7-4-2-3-6(5-9)8(7)10;/h2-4,10H,5,9H2,1H3;1H. The highest BCUT2D eigenvalue weighted by atomic mass is 35.5. The molecule has 0 aliphatic heterocycles. The summed E-state index contributed by atoms with van der Waals surface area (Å²) in [7, 11) is 1.51. The van der Waals surface area contributed by atoms with Gasteiger partial charge >= 0.3 is 0 Å². The van der Waals surface area contributed by atoms with Crippen LogP contribution in [-0.4, -0.2) is 12.2 Å². The molecule has 0 atom stereocenters. The topological polar surface area (TPSA) is 55.5 Å². The van der Waals surface area contributed by atoms with Crippen molar-refractivity contribution in [2.75, 3.05) is 7.11 Å². The van der Waals surface area contributed by atoms with Gasteiger partial charge in [0.1, 0.15) is 0 Å². The van der Waals surface area contributed by atoms with Crippen LogP contribution in [0.3, 0.4) is 0 Å². The molecule has 0 unspecified atom stereocenters. The molecule has 0 aromatic heterocycles. The molecule has 1 aromatic carbocycles. The Morgan fingerprint density at radius 3 is 2.67 bits per heavy atom. The van der Waals surface area contributed by atoms with Gasteiger partial charge in [-0.15, -0.1) is 12.4 Å². The van der Waals surface area contributed by atoms with Gasteiger partial charge in [0.05, 0.1) is 7.11 Å². The van der Waals surface area contributed by atoms with Crippen molar-refractivity contribution in [1.29, 1.82) is 0 Å². The van der Waals surface area contributed by atoms with Gasteiger partial charge in [-0.05, 0) is 6.07 Å². The summed E-state index contributed by atoms with van der Waals surface area (Å²) in [4.78, 5) is 0. The van der Waals surface area contributed by atoms with E-state index in [1.807, 2.05) is 0 Å². The Morgan fingerprint density at radius 2 is 2.17 bits per heavy atom. The van der Waals surface area contributed by atoms with Gasteiger partial charge in [-0.3, -0.25) is 0 Å². The van der Waals surface area contributed by atoms with Crippen LogP contribution in [0, 0.1) is 0 Å². The van der Waals surface area contributed by atoms with E-state index in [4.69, 9.17) is 10.5 Å². The van der Waals surface area contributed by atoms with Crippen molar-refractivity contribution in [1.82, 2.24) is 0 Å². The third-order valence-electron chi connectivity index (χ3n) is 1.52. The molecule has 1 aromatic rings. The van der Waals surface area contributed by atoms with E-state index >= 15 is 0 Å². The smallest absolute Gasteiger partial charge is 0.162 e. The number of halogens is 1. The summed E-state index contributed by atoms with van der Waals surface area (Å²) in [5.41, 5.74) is 6.06. The molecule has 12 heavy (non-hydrogen) atoms. The SMILES string of the molecule is COc1cccc(CN)c1O.Cl. The zero-order chi connectivity index (χ0) is 8.27. The van der Waals surface area contributed by atoms with E-state index in [0.717, 1.165) is 0 Å². The molecule has 0 aliphatic carbocycles. The van der Waals surface area contributed by atoms with Gasteiger partial charge in [0.2, 0.25) is 0 Å². The van der Waals surface area contributed by atoms with E-state index in [1.165, 1.54) is 7.11 Å². The molecular weight excluding hydrogens is 178 g/mol. The van der Waals surface area contributed by atoms with Crippen molar-refractivity contribution in [2.45, 2.75) is 6.54 Å². The number of benzene rings is 1. The lowest BCUT2D eigenvalue weighted by atomic mass is 10.2. The van der Waals surface area contributed by atoms with Crippen molar-refractivity contribution < 1.29 is 9.84 Å². The molecule has 3 nitrogen and oxygen atoms in total. The third kappa shape index (κ3) is 2.03. The highest BCUT2D eigenvalue weighted by Gasteiger charge is 2.03. The van der Waals surface area contributed by atoms with Crippen molar-refractivity contribution >= 4 is 12.4 Å². The van der Waals surface area contributed by atoms with E-state index in [-0.39, 0.29) is 18.2 Å². The lowest BCUT2D eigenvalue weighted by Gasteiger charge is -2.05. The van der Waals surface area contributed by atoms with Crippen molar-refractivity contribution in [3.05, 3.63) is 23.8 Å². The van der Waals surface area contributed by atoms with Crippen molar-refractivity contribution in [3.63, 3.8) is 0 Å². The van der Waals surface area contributed by atoms with E-state index < -0.39 is 0 Å².